The van der Waals surface area contributed by atoms with Crippen molar-refractivity contribution in [1.29, 1.82) is 0 Å². The number of methoxy groups -OCH3 is 1. The van der Waals surface area contributed by atoms with Gasteiger partial charge in [-0.3, -0.25) is 4.79 Å². The molecule has 0 atom stereocenters. The molecule has 0 saturated heterocycles. The molecule has 1 amide bonds. The maximum absolute atomic E-state index is 12.2. The standard InChI is InChI=1S/C17H16N2O4S2/c1-9-10(2)25-15(14(9)16(21)22-3)19-13(20)8-24-17-18-11-6-4-5-7-12(11)23-17/h4-7H,8H2,1-3H3,(H,19,20). The second kappa shape index (κ2) is 7.28. The van der Waals surface area contributed by atoms with E-state index in [1.165, 1.54) is 30.2 Å². The van der Waals surface area contributed by atoms with E-state index in [1.807, 2.05) is 38.1 Å². The van der Waals surface area contributed by atoms with E-state index in [9.17, 15) is 9.59 Å². The monoisotopic (exact) mass is 376 g/mol. The molecule has 3 rings (SSSR count). The van der Waals surface area contributed by atoms with Gasteiger partial charge in [-0.05, 0) is 31.5 Å². The van der Waals surface area contributed by atoms with Crippen LogP contribution >= 0.6 is 23.1 Å². The van der Waals surface area contributed by atoms with Crippen LogP contribution in [0.2, 0.25) is 0 Å². The first-order valence-electron chi connectivity index (χ1n) is 7.46. The number of anilines is 1. The van der Waals surface area contributed by atoms with Crippen LogP contribution in [0, 0.1) is 13.8 Å². The Morgan fingerprint density at radius 2 is 2.08 bits per heavy atom. The predicted octanol–water partition coefficient (Wildman–Crippen LogP) is 4.02. The van der Waals surface area contributed by atoms with E-state index in [1.54, 1.807) is 0 Å². The van der Waals surface area contributed by atoms with E-state index in [-0.39, 0.29) is 11.7 Å². The van der Waals surface area contributed by atoms with E-state index in [4.69, 9.17) is 9.15 Å². The third-order valence-corrected chi connectivity index (χ3v) is 5.58. The van der Waals surface area contributed by atoms with Crippen molar-refractivity contribution in [2.24, 2.45) is 0 Å². The van der Waals surface area contributed by atoms with Gasteiger partial charge in [0.05, 0.1) is 18.4 Å². The Bertz CT molecular complexity index is 912. The average molecular weight is 376 g/mol. The van der Waals surface area contributed by atoms with Crippen molar-refractivity contribution in [2.75, 3.05) is 18.2 Å². The SMILES string of the molecule is COC(=O)c1c(NC(=O)CSc2nc3ccccc3o2)sc(C)c1C. The number of hydrogen-bond acceptors (Lipinski definition) is 7. The van der Waals surface area contributed by atoms with E-state index < -0.39 is 5.97 Å². The van der Waals surface area contributed by atoms with Gasteiger partial charge in [0.25, 0.3) is 5.22 Å². The fraction of sp³-hybridized carbons (Fsp3) is 0.235. The molecule has 2 heterocycles. The second-order valence-electron chi connectivity index (χ2n) is 5.26. The van der Waals surface area contributed by atoms with Crippen LogP contribution in [0.25, 0.3) is 11.1 Å². The number of oxazole rings is 1. The number of para-hydroxylation sites is 2. The molecule has 0 fully saturated rings. The number of aromatic nitrogens is 1. The summed E-state index contributed by atoms with van der Waals surface area (Å²) >= 11 is 2.56. The normalized spacial score (nSPS) is 10.8. The number of aryl methyl sites for hydroxylation is 1. The Kier molecular flexibility index (Phi) is 5.10. The summed E-state index contributed by atoms with van der Waals surface area (Å²) in [7, 11) is 1.32. The number of benzene rings is 1. The number of carbonyl (C=O) groups is 2. The molecule has 0 saturated carbocycles. The lowest BCUT2D eigenvalue weighted by atomic mass is 10.1. The molecule has 0 unspecified atom stereocenters. The predicted molar refractivity (Wildman–Crippen MR) is 98.5 cm³/mol. The van der Waals surface area contributed by atoms with Crippen LogP contribution in [0.3, 0.4) is 0 Å². The fourth-order valence-electron chi connectivity index (χ4n) is 2.27. The van der Waals surface area contributed by atoms with E-state index in [2.05, 4.69) is 10.3 Å². The van der Waals surface area contributed by atoms with Crippen LogP contribution < -0.4 is 5.32 Å². The molecule has 0 radical (unpaired) electrons. The number of nitrogens with one attached hydrogen (secondary N) is 1. The molecule has 6 nitrogen and oxygen atoms in total. The topological polar surface area (TPSA) is 81.4 Å². The molecular formula is C17H16N2O4S2. The largest absolute Gasteiger partial charge is 0.465 e. The van der Waals surface area contributed by atoms with Gasteiger partial charge in [0.2, 0.25) is 5.91 Å². The van der Waals surface area contributed by atoms with Crippen LogP contribution in [-0.4, -0.2) is 29.7 Å². The van der Waals surface area contributed by atoms with Gasteiger partial charge in [0, 0.05) is 4.88 Å². The first-order valence-corrected chi connectivity index (χ1v) is 9.26. The zero-order chi connectivity index (χ0) is 18.0. The molecule has 0 aliphatic rings. The number of fused-ring (bicyclic) bond motifs is 1. The van der Waals surface area contributed by atoms with Gasteiger partial charge in [0.15, 0.2) is 5.58 Å². The summed E-state index contributed by atoms with van der Waals surface area (Å²) in [5.74, 6) is -0.564. The van der Waals surface area contributed by atoms with Crippen molar-refractivity contribution in [3.63, 3.8) is 0 Å². The maximum atomic E-state index is 12.2. The maximum Gasteiger partial charge on any atom is 0.341 e. The van der Waals surface area contributed by atoms with Gasteiger partial charge in [0.1, 0.15) is 10.5 Å². The van der Waals surface area contributed by atoms with Crippen LogP contribution in [-0.2, 0) is 9.53 Å². The number of esters is 1. The summed E-state index contributed by atoms with van der Waals surface area (Å²) in [6, 6.07) is 7.42. The highest BCUT2D eigenvalue weighted by Gasteiger charge is 2.21. The summed E-state index contributed by atoms with van der Waals surface area (Å²) in [5, 5.41) is 3.72. The third-order valence-electron chi connectivity index (χ3n) is 3.63. The van der Waals surface area contributed by atoms with Gasteiger partial charge in [-0.25, -0.2) is 9.78 Å². The molecule has 25 heavy (non-hydrogen) atoms. The summed E-state index contributed by atoms with van der Waals surface area (Å²) in [6.45, 7) is 3.73. The summed E-state index contributed by atoms with van der Waals surface area (Å²) in [6.07, 6.45) is 0. The molecule has 1 N–H and O–H groups in total. The molecule has 0 aliphatic heterocycles. The lowest BCUT2D eigenvalue weighted by Crippen LogP contribution is -2.16. The number of thioether (sulfide) groups is 1. The number of thiophene rings is 1. The molecule has 1 aromatic carbocycles. The molecule has 2 aromatic heterocycles. The first-order chi connectivity index (χ1) is 12.0. The molecule has 0 spiro atoms. The Hall–Kier alpha value is -2.32. The molecule has 0 aliphatic carbocycles. The lowest BCUT2D eigenvalue weighted by Gasteiger charge is -2.05. The number of hydrogen-bond donors (Lipinski definition) is 1. The number of nitrogens with zero attached hydrogens (tertiary/aromatic N) is 1. The van der Waals surface area contributed by atoms with Crippen molar-refractivity contribution in [3.8, 4) is 0 Å². The highest BCUT2D eigenvalue weighted by atomic mass is 32.2. The molecule has 3 aromatic rings. The minimum absolute atomic E-state index is 0.128. The van der Waals surface area contributed by atoms with Crippen LogP contribution in [0.4, 0.5) is 5.00 Å². The van der Waals surface area contributed by atoms with Crippen molar-refractivity contribution >= 4 is 51.1 Å². The Morgan fingerprint density at radius 3 is 2.80 bits per heavy atom. The molecule has 130 valence electrons. The summed E-state index contributed by atoms with van der Waals surface area (Å²) < 4.78 is 10.4. The van der Waals surface area contributed by atoms with Crippen LogP contribution in [0.1, 0.15) is 20.8 Å². The Labute approximate surface area is 152 Å². The Morgan fingerprint density at radius 1 is 1.32 bits per heavy atom. The zero-order valence-corrected chi connectivity index (χ0v) is 15.5. The Balaban J connectivity index is 1.68. The van der Waals surface area contributed by atoms with Gasteiger partial charge >= 0.3 is 5.97 Å². The molecule has 0 bridgehead atoms. The minimum Gasteiger partial charge on any atom is -0.465 e. The first kappa shape index (κ1) is 17.5. The number of rotatable bonds is 5. The quantitative estimate of drug-likeness (QED) is 0.535. The van der Waals surface area contributed by atoms with Gasteiger partial charge in [-0.15, -0.1) is 11.3 Å². The average Bonchev–Trinajstić information content (AvgIpc) is 3.13. The third kappa shape index (κ3) is 3.69. The van der Waals surface area contributed by atoms with E-state index in [0.29, 0.717) is 21.4 Å². The van der Waals surface area contributed by atoms with Crippen LogP contribution in [0.5, 0.6) is 0 Å². The highest BCUT2D eigenvalue weighted by Crippen LogP contribution is 2.33. The zero-order valence-electron chi connectivity index (χ0n) is 13.9. The number of amides is 1. The number of ether oxygens (including phenoxy) is 1. The smallest absolute Gasteiger partial charge is 0.341 e. The van der Waals surface area contributed by atoms with Crippen molar-refractivity contribution < 1.29 is 18.7 Å². The van der Waals surface area contributed by atoms with Gasteiger partial charge in [-0.2, -0.15) is 0 Å². The fourth-order valence-corrected chi connectivity index (χ4v) is 3.97. The summed E-state index contributed by atoms with van der Waals surface area (Å²) in [5.41, 5.74) is 2.66. The van der Waals surface area contributed by atoms with Crippen LogP contribution in [0.15, 0.2) is 33.9 Å². The molecule has 8 heteroatoms. The molecular weight excluding hydrogens is 360 g/mol. The van der Waals surface area contributed by atoms with Gasteiger partial charge < -0.3 is 14.5 Å². The van der Waals surface area contributed by atoms with Gasteiger partial charge in [-0.1, -0.05) is 23.9 Å². The summed E-state index contributed by atoms with van der Waals surface area (Å²) in [4.78, 5) is 29.4. The van der Waals surface area contributed by atoms with Crippen molar-refractivity contribution in [1.82, 2.24) is 4.98 Å². The lowest BCUT2D eigenvalue weighted by molar-refractivity contribution is -0.113. The number of carbonyl (C=O) groups excluding carboxylic acids is 2. The van der Waals surface area contributed by atoms with Crippen molar-refractivity contribution in [2.45, 2.75) is 19.1 Å². The second-order valence-corrected chi connectivity index (χ2v) is 7.41. The van der Waals surface area contributed by atoms with E-state index in [0.717, 1.165) is 16.0 Å². The highest BCUT2D eigenvalue weighted by molar-refractivity contribution is 7.99. The minimum atomic E-state index is -0.455. The van der Waals surface area contributed by atoms with E-state index >= 15 is 0 Å². The van der Waals surface area contributed by atoms with Crippen molar-refractivity contribution in [3.05, 3.63) is 40.3 Å².